The number of fused-ring (bicyclic) bond motifs is 4. The molecule has 1 heterocycles. The molecule has 14 heteroatoms. The highest BCUT2D eigenvalue weighted by Crippen LogP contribution is 2.45. The van der Waals surface area contributed by atoms with Gasteiger partial charge in [0.05, 0.1) is 10.5 Å². The van der Waals surface area contributed by atoms with Gasteiger partial charge >= 0.3 is 18.0 Å². The molecule has 13 nitrogen and oxygen atoms in total. The lowest BCUT2D eigenvalue weighted by Crippen LogP contribution is -2.42. The molecule has 4 aromatic carbocycles. The predicted molar refractivity (Wildman–Crippen MR) is 215 cm³/mol. The van der Waals surface area contributed by atoms with Gasteiger partial charge in [-0.15, -0.1) is 0 Å². The Kier molecular flexibility index (Phi) is 11.9. The second kappa shape index (κ2) is 16.7. The zero-order valence-electron chi connectivity index (χ0n) is 32.7. The molecule has 0 spiro atoms. The van der Waals surface area contributed by atoms with Crippen LogP contribution in [0.3, 0.4) is 0 Å². The van der Waals surface area contributed by atoms with Crippen molar-refractivity contribution in [1.82, 2.24) is 10.0 Å². The molecule has 1 aliphatic heterocycles. The summed E-state index contributed by atoms with van der Waals surface area (Å²) in [4.78, 5) is 42.2. The highest BCUT2D eigenvalue weighted by molar-refractivity contribution is 7.90. The molecule has 0 aromatic heterocycles. The minimum Gasteiger partial charge on any atom is -0.487 e. The molecule has 1 aliphatic carbocycles. The Labute approximate surface area is 332 Å². The van der Waals surface area contributed by atoms with Gasteiger partial charge in [0.2, 0.25) is 5.96 Å². The number of ether oxygens (including phenoxy) is 3. The van der Waals surface area contributed by atoms with Crippen LogP contribution in [0.25, 0.3) is 11.1 Å². The first-order valence-corrected chi connectivity index (χ1v) is 20.3. The Balaban J connectivity index is 1.11. The molecule has 0 bridgehead atoms. The second-order valence-electron chi connectivity index (χ2n) is 15.0. The van der Waals surface area contributed by atoms with E-state index in [-0.39, 0.29) is 60.5 Å². The summed E-state index contributed by atoms with van der Waals surface area (Å²) in [6, 6.07) is 20.6. The third-order valence-electron chi connectivity index (χ3n) is 10.6. The molecule has 0 radical (unpaired) electrons. The van der Waals surface area contributed by atoms with Crippen molar-refractivity contribution in [3.8, 4) is 16.9 Å². The van der Waals surface area contributed by atoms with Crippen LogP contribution in [0.15, 0.2) is 82.7 Å². The van der Waals surface area contributed by atoms with Gasteiger partial charge in [-0.3, -0.25) is 4.99 Å². The molecule has 0 fully saturated rings. The van der Waals surface area contributed by atoms with Gasteiger partial charge in [-0.2, -0.15) is 0 Å². The predicted octanol–water partition coefficient (Wildman–Crippen LogP) is 6.44. The van der Waals surface area contributed by atoms with E-state index in [1.807, 2.05) is 69.3 Å². The molecule has 6 rings (SSSR count). The Bertz CT molecular complexity index is 2290. The SMILES string of the molecule is Cc1c(C)c(S(=O)(=O)NC(N)=NCCC[C@H](NC(=O)OCC2c3ccccc3-c3ccccc32)C(=O)OCc2ccc(C(=O)O)cc2)c(C)c2c1OC(C)(C)CC2. The number of amides is 1. The summed E-state index contributed by atoms with van der Waals surface area (Å²) < 4.78 is 47.2. The first-order chi connectivity index (χ1) is 27.1. The Morgan fingerprint density at radius 3 is 2.19 bits per heavy atom. The van der Waals surface area contributed by atoms with Gasteiger partial charge < -0.3 is 30.4 Å². The van der Waals surface area contributed by atoms with Crippen LogP contribution < -0.4 is 20.5 Å². The van der Waals surface area contributed by atoms with E-state index in [1.165, 1.54) is 24.3 Å². The lowest BCUT2D eigenvalue weighted by Gasteiger charge is -2.35. The Morgan fingerprint density at radius 1 is 0.930 bits per heavy atom. The van der Waals surface area contributed by atoms with Crippen LogP contribution in [-0.2, 0) is 37.3 Å². The van der Waals surface area contributed by atoms with Gasteiger partial charge in [0.25, 0.3) is 10.0 Å². The van der Waals surface area contributed by atoms with Gasteiger partial charge in [0, 0.05) is 12.5 Å². The van der Waals surface area contributed by atoms with Crippen molar-refractivity contribution in [2.24, 2.45) is 10.7 Å². The minimum atomic E-state index is -4.12. The molecule has 1 amide bonds. The van der Waals surface area contributed by atoms with Crippen LogP contribution in [0.4, 0.5) is 4.79 Å². The molecule has 5 N–H and O–H groups in total. The van der Waals surface area contributed by atoms with E-state index >= 15 is 0 Å². The monoisotopic (exact) mass is 796 g/mol. The van der Waals surface area contributed by atoms with E-state index in [1.54, 1.807) is 13.8 Å². The van der Waals surface area contributed by atoms with Gasteiger partial charge in [0.1, 0.15) is 30.6 Å². The number of aromatic carboxylic acids is 1. The fourth-order valence-corrected chi connectivity index (χ4v) is 9.02. The van der Waals surface area contributed by atoms with Crippen LogP contribution in [0.5, 0.6) is 5.75 Å². The number of carboxylic acids is 1. The summed E-state index contributed by atoms with van der Waals surface area (Å²) >= 11 is 0. The molecule has 4 aromatic rings. The van der Waals surface area contributed by atoms with Gasteiger partial charge in [-0.25, -0.2) is 27.5 Å². The first kappa shape index (κ1) is 40.8. The molecule has 57 heavy (non-hydrogen) atoms. The van der Waals surface area contributed by atoms with Crippen LogP contribution in [0, 0.1) is 20.8 Å². The van der Waals surface area contributed by atoms with Gasteiger partial charge in [0.15, 0.2) is 0 Å². The summed E-state index contributed by atoms with van der Waals surface area (Å²) in [7, 11) is -4.12. The normalized spacial score (nSPS) is 15.0. The van der Waals surface area contributed by atoms with Crippen LogP contribution in [0.1, 0.15) is 88.3 Å². The van der Waals surface area contributed by atoms with E-state index in [0.717, 1.165) is 45.6 Å². The summed E-state index contributed by atoms with van der Waals surface area (Å²) in [5, 5.41) is 11.8. The lowest BCUT2D eigenvalue weighted by atomic mass is 9.88. The summed E-state index contributed by atoms with van der Waals surface area (Å²) in [6.07, 6.45) is 0.863. The number of hydrogen-bond acceptors (Lipinski definition) is 9. The molecule has 300 valence electrons. The first-order valence-electron chi connectivity index (χ1n) is 18.8. The van der Waals surface area contributed by atoms with E-state index < -0.39 is 34.1 Å². The maximum atomic E-state index is 13.7. The minimum absolute atomic E-state index is 0.0191. The highest BCUT2D eigenvalue weighted by atomic mass is 32.2. The Hall–Kier alpha value is -5.89. The summed E-state index contributed by atoms with van der Waals surface area (Å²) in [5.74, 6) is -1.63. The van der Waals surface area contributed by atoms with Crippen molar-refractivity contribution in [2.45, 2.75) is 89.4 Å². The van der Waals surface area contributed by atoms with Crippen molar-refractivity contribution in [1.29, 1.82) is 0 Å². The molecular formula is C43H48N4O9S. The number of rotatable bonds is 13. The van der Waals surface area contributed by atoms with Crippen LogP contribution >= 0.6 is 0 Å². The number of alkyl carbamates (subject to hydrolysis) is 1. The zero-order valence-corrected chi connectivity index (χ0v) is 33.5. The van der Waals surface area contributed by atoms with Gasteiger partial charge in [-0.1, -0.05) is 60.7 Å². The Morgan fingerprint density at radius 2 is 1.56 bits per heavy atom. The van der Waals surface area contributed by atoms with Crippen LogP contribution in [-0.4, -0.2) is 62.3 Å². The maximum absolute atomic E-state index is 13.7. The number of esters is 1. The third kappa shape index (κ3) is 9.07. The number of benzene rings is 4. The largest absolute Gasteiger partial charge is 0.487 e. The van der Waals surface area contributed by atoms with Crippen molar-refractivity contribution >= 4 is 34.0 Å². The highest BCUT2D eigenvalue weighted by Gasteiger charge is 2.34. The molecule has 1 atom stereocenters. The molecule has 2 aliphatic rings. The number of nitrogens with one attached hydrogen (secondary N) is 2. The van der Waals surface area contributed by atoms with E-state index in [2.05, 4.69) is 15.0 Å². The number of guanidine groups is 1. The molecular weight excluding hydrogens is 749 g/mol. The van der Waals surface area contributed by atoms with E-state index in [9.17, 15) is 27.9 Å². The number of carbonyl (C=O) groups excluding carboxylic acids is 2. The van der Waals surface area contributed by atoms with Crippen molar-refractivity contribution < 1.29 is 42.1 Å². The fourth-order valence-electron chi connectivity index (χ4n) is 7.50. The van der Waals surface area contributed by atoms with E-state index in [0.29, 0.717) is 23.1 Å². The molecule has 0 saturated heterocycles. The second-order valence-corrected chi connectivity index (χ2v) is 16.6. The van der Waals surface area contributed by atoms with E-state index in [4.69, 9.17) is 19.9 Å². The molecule has 0 unspecified atom stereocenters. The quantitative estimate of drug-likeness (QED) is 0.0506. The van der Waals surface area contributed by atoms with Crippen molar-refractivity contribution in [2.75, 3.05) is 13.2 Å². The average Bonchev–Trinajstić information content (AvgIpc) is 3.49. The maximum Gasteiger partial charge on any atom is 0.407 e. The number of carboxylic acid groups (broad SMARTS) is 1. The number of sulfonamides is 1. The zero-order chi connectivity index (χ0) is 41.1. The lowest BCUT2D eigenvalue weighted by molar-refractivity contribution is -0.147. The van der Waals surface area contributed by atoms with Crippen LogP contribution in [0.2, 0.25) is 0 Å². The average molecular weight is 797 g/mol. The topological polar surface area (TPSA) is 196 Å². The molecule has 0 saturated carbocycles. The number of nitrogens with two attached hydrogens (primary N) is 1. The fraction of sp³-hybridized carbons (Fsp3) is 0.349. The number of nitrogens with zero attached hydrogens (tertiary/aromatic N) is 1. The standard InChI is InChI=1S/C43H48N4O9S/c1-25-26(2)38(27(3)30-20-21-43(4,5)56-37(25)30)57(52,53)47-41(44)45-22-10-15-36(40(50)54-23-28-16-18-29(19-17-28)39(48)49)46-42(51)55-24-35-33-13-8-6-11-31(33)32-12-7-9-14-34(32)35/h6-9,11-14,16-19,35-36H,10,15,20-24H2,1-5H3,(H,46,51)(H,48,49)(H3,44,45,47)/t36-/m0/s1. The van der Waals surface area contributed by atoms with Crippen molar-refractivity contribution in [3.05, 3.63) is 117 Å². The summed E-state index contributed by atoms with van der Waals surface area (Å²) in [6.45, 7) is 9.26. The van der Waals surface area contributed by atoms with Gasteiger partial charge in [-0.05, 0) is 123 Å². The number of aliphatic imine (C=N–C) groups is 1. The number of carbonyl (C=O) groups is 3. The smallest absolute Gasteiger partial charge is 0.407 e. The van der Waals surface area contributed by atoms with Crippen molar-refractivity contribution in [3.63, 3.8) is 0 Å². The number of hydrogen-bond donors (Lipinski definition) is 4. The third-order valence-corrected chi connectivity index (χ3v) is 12.2. The summed E-state index contributed by atoms with van der Waals surface area (Å²) in [5.41, 5.74) is 13.3.